The molecule has 3 saturated heterocycles. The lowest BCUT2D eigenvalue weighted by molar-refractivity contribution is -0.130. The number of Topliss-reactive ketones (excluding diaryl/α,β-unsaturated/α-hetero) is 1. The first-order valence-electron chi connectivity index (χ1n) is 16.6. The molecule has 1 aromatic carbocycles. The monoisotopic (exact) mass is 646 g/mol. The molecule has 0 spiro atoms. The summed E-state index contributed by atoms with van der Waals surface area (Å²) in [6.07, 6.45) is 5.53. The molecule has 7 atom stereocenters. The number of piperidine rings is 2. The molecule has 11 nitrogen and oxygen atoms in total. The predicted octanol–water partition coefficient (Wildman–Crippen LogP) is 3.85. The van der Waals surface area contributed by atoms with Crippen molar-refractivity contribution in [3.05, 3.63) is 48.5 Å². The van der Waals surface area contributed by atoms with Crippen LogP contribution in [0.4, 0.5) is 10.2 Å². The number of fused-ring (bicyclic) bond motifs is 5. The molecular formula is C35H43FN6O5. The molecule has 3 fully saturated rings. The van der Waals surface area contributed by atoms with Gasteiger partial charge < -0.3 is 20.1 Å². The van der Waals surface area contributed by atoms with Crippen molar-refractivity contribution in [2.75, 3.05) is 20.3 Å². The van der Waals surface area contributed by atoms with Gasteiger partial charge in [0.25, 0.3) is 0 Å². The van der Waals surface area contributed by atoms with Crippen LogP contribution in [0.3, 0.4) is 0 Å². The van der Waals surface area contributed by atoms with Gasteiger partial charge in [0, 0.05) is 72.1 Å². The number of ether oxygens (including phenoxy) is 1. The van der Waals surface area contributed by atoms with Crippen molar-refractivity contribution in [2.24, 2.45) is 22.2 Å². The van der Waals surface area contributed by atoms with E-state index in [1.165, 1.54) is 13.2 Å². The van der Waals surface area contributed by atoms with E-state index in [0.29, 0.717) is 30.0 Å². The van der Waals surface area contributed by atoms with E-state index in [-0.39, 0.29) is 48.7 Å². The van der Waals surface area contributed by atoms with Crippen molar-refractivity contribution < 1.29 is 29.2 Å². The normalized spacial score (nSPS) is 29.1. The molecule has 2 aromatic heterocycles. The van der Waals surface area contributed by atoms with Crippen LogP contribution in [0.2, 0.25) is 0 Å². The molecule has 3 aromatic rings. The lowest BCUT2D eigenvalue weighted by Crippen LogP contribution is -2.60. The zero-order valence-electron chi connectivity index (χ0n) is 27.0. The smallest absolute Gasteiger partial charge is 0.165 e. The van der Waals surface area contributed by atoms with E-state index in [0.717, 1.165) is 42.5 Å². The summed E-state index contributed by atoms with van der Waals surface area (Å²) in [7, 11) is 1.43. The molecule has 0 amide bonds. The zero-order chi connectivity index (χ0) is 33.0. The number of aliphatic hydroxyl groups is 3. The number of ketones is 1. The minimum absolute atomic E-state index is 0.0342. The first-order valence-corrected chi connectivity index (χ1v) is 16.6. The Kier molecular flexibility index (Phi) is 8.50. The van der Waals surface area contributed by atoms with Crippen LogP contribution < -0.4 is 10.1 Å². The minimum Gasteiger partial charge on any atom is -0.494 e. The van der Waals surface area contributed by atoms with Gasteiger partial charge in [0.1, 0.15) is 23.6 Å². The maximum absolute atomic E-state index is 14.4. The van der Waals surface area contributed by atoms with E-state index < -0.39 is 29.5 Å². The van der Waals surface area contributed by atoms with Gasteiger partial charge in [0.2, 0.25) is 0 Å². The average molecular weight is 647 g/mol. The number of aromatic nitrogens is 3. The van der Waals surface area contributed by atoms with Crippen LogP contribution in [-0.2, 0) is 4.79 Å². The predicted molar refractivity (Wildman–Crippen MR) is 174 cm³/mol. The van der Waals surface area contributed by atoms with Gasteiger partial charge in [-0.1, -0.05) is 13.0 Å². The van der Waals surface area contributed by atoms with Gasteiger partial charge in [-0.3, -0.25) is 20.0 Å². The molecule has 7 rings (SSSR count). The molecule has 0 radical (unpaired) electrons. The maximum atomic E-state index is 14.4. The Hall–Kier alpha value is -3.55. The number of rotatable bonds is 9. The van der Waals surface area contributed by atoms with E-state index in [4.69, 9.17) is 14.8 Å². The second kappa shape index (κ2) is 12.5. The maximum Gasteiger partial charge on any atom is 0.165 e. The van der Waals surface area contributed by atoms with Crippen molar-refractivity contribution in [3.63, 3.8) is 0 Å². The largest absolute Gasteiger partial charge is 0.494 e. The quantitative estimate of drug-likeness (QED) is 0.272. The molecule has 250 valence electrons. The van der Waals surface area contributed by atoms with Crippen LogP contribution in [0.5, 0.6) is 5.75 Å². The van der Waals surface area contributed by atoms with Crippen molar-refractivity contribution in [2.45, 2.75) is 83.0 Å². The number of hydrogen-bond donors (Lipinski definition) is 4. The lowest BCUT2D eigenvalue weighted by Gasteiger charge is -2.49. The summed E-state index contributed by atoms with van der Waals surface area (Å²) in [5.41, 5.74) is 2.86. The number of carbonyl (C=O) groups is 1. The Bertz CT molecular complexity index is 1660. The van der Waals surface area contributed by atoms with E-state index in [1.54, 1.807) is 24.5 Å². The van der Waals surface area contributed by atoms with Gasteiger partial charge in [-0.2, -0.15) is 5.10 Å². The molecule has 2 bridgehead atoms. The number of nitrogens with one attached hydrogen (secondary N) is 1. The number of carbonyl (C=O) groups excluding carboxylic acids is 1. The summed E-state index contributed by atoms with van der Waals surface area (Å²) < 4.78 is 21.3. The second-order valence-electron chi connectivity index (χ2n) is 13.7. The van der Waals surface area contributed by atoms with Crippen LogP contribution in [0.15, 0.2) is 47.7 Å². The third kappa shape index (κ3) is 5.30. The van der Waals surface area contributed by atoms with Gasteiger partial charge in [-0.15, -0.1) is 0 Å². The lowest BCUT2D eigenvalue weighted by atomic mass is 9.67. The Balaban J connectivity index is 1.21. The first-order chi connectivity index (χ1) is 22.6. The number of hydrogen-bond acceptors (Lipinski definition) is 10. The van der Waals surface area contributed by atoms with Crippen LogP contribution in [0.1, 0.15) is 58.5 Å². The van der Waals surface area contributed by atoms with E-state index in [1.807, 2.05) is 30.7 Å². The number of nitrogens with zero attached hydrogens (tertiary/aromatic N) is 5. The molecule has 12 heteroatoms. The fraction of sp³-hybridized carbons (Fsp3) is 0.543. The summed E-state index contributed by atoms with van der Waals surface area (Å²) in [5.74, 6) is 0.172. The molecule has 0 aliphatic carbocycles. The number of aliphatic imine (C=N–C) groups is 1. The van der Waals surface area contributed by atoms with Gasteiger partial charge in [-0.25, -0.2) is 14.1 Å². The summed E-state index contributed by atoms with van der Waals surface area (Å²) in [5, 5.41) is 39.5. The zero-order valence-corrected chi connectivity index (χ0v) is 27.0. The summed E-state index contributed by atoms with van der Waals surface area (Å²) in [4.78, 5) is 25.9. The topological polar surface area (TPSA) is 145 Å². The third-order valence-corrected chi connectivity index (χ3v) is 11.1. The van der Waals surface area contributed by atoms with Crippen LogP contribution in [0, 0.1) is 23.1 Å². The molecule has 0 saturated carbocycles. The number of benzene rings is 1. The number of methoxy groups -OCH3 is 1. The Labute approximate surface area is 273 Å². The van der Waals surface area contributed by atoms with Crippen molar-refractivity contribution in [1.82, 2.24) is 25.0 Å². The van der Waals surface area contributed by atoms with Gasteiger partial charge in [-0.05, 0) is 63.3 Å². The Morgan fingerprint density at radius 1 is 1.13 bits per heavy atom. The van der Waals surface area contributed by atoms with E-state index in [2.05, 4.69) is 15.2 Å². The molecular weight excluding hydrogens is 603 g/mol. The van der Waals surface area contributed by atoms with E-state index >= 15 is 0 Å². The highest BCUT2D eigenvalue weighted by Gasteiger charge is 2.56. The van der Waals surface area contributed by atoms with Gasteiger partial charge >= 0.3 is 0 Å². The van der Waals surface area contributed by atoms with Crippen LogP contribution in [-0.4, -0.2) is 91.2 Å². The van der Waals surface area contributed by atoms with Crippen molar-refractivity contribution in [3.8, 4) is 28.1 Å². The Morgan fingerprint density at radius 2 is 1.87 bits per heavy atom. The summed E-state index contributed by atoms with van der Waals surface area (Å²) >= 11 is 0. The molecule has 7 unspecified atom stereocenters. The molecule has 4 aliphatic heterocycles. The number of aliphatic hydroxyl groups excluding tert-OH is 3. The third-order valence-electron chi connectivity index (χ3n) is 11.1. The summed E-state index contributed by atoms with van der Waals surface area (Å²) in [6.45, 7) is 4.25. The average Bonchev–Trinajstić information content (AvgIpc) is 3.61. The number of pyridine rings is 1. The highest BCUT2D eigenvalue weighted by atomic mass is 19.1. The van der Waals surface area contributed by atoms with Crippen molar-refractivity contribution in [1.29, 1.82) is 0 Å². The molecule has 4 aliphatic rings. The minimum atomic E-state index is -0.870. The van der Waals surface area contributed by atoms with E-state index in [9.17, 15) is 24.5 Å². The highest BCUT2D eigenvalue weighted by Crippen LogP contribution is 2.51. The standard InChI is InChI=1S/C35H43FN6O5/c1-19(28(44)11-13-43)33(46)41-23-6-7-24(41)15-22(14-23)31-35(2)30(45)10-12-37-34(35)42-32(40-31)25(18-39-42)21-4-8-27(38-17-21)20-5-9-29(47-3)26(36)16-20/h4-5,8-9,16-19,22-24,28,33-34,37,43-44,46H,6-7,10-15H2,1-3H3. The second-order valence-corrected chi connectivity index (χ2v) is 13.7. The molecule has 6 heterocycles. The van der Waals surface area contributed by atoms with Gasteiger partial charge in [0.15, 0.2) is 17.4 Å². The van der Waals surface area contributed by atoms with Crippen LogP contribution >= 0.6 is 0 Å². The fourth-order valence-corrected chi connectivity index (χ4v) is 8.44. The number of halogens is 1. The molecule has 4 N–H and O–H groups in total. The van der Waals surface area contributed by atoms with Gasteiger partial charge in [0.05, 0.1) is 25.1 Å². The fourth-order valence-electron chi connectivity index (χ4n) is 8.44. The molecule has 47 heavy (non-hydrogen) atoms. The Morgan fingerprint density at radius 3 is 2.53 bits per heavy atom. The summed E-state index contributed by atoms with van der Waals surface area (Å²) in [6, 6.07) is 8.72. The highest BCUT2D eigenvalue weighted by molar-refractivity contribution is 6.13. The first kappa shape index (κ1) is 32.0. The van der Waals surface area contributed by atoms with Crippen LogP contribution in [0.25, 0.3) is 22.4 Å². The van der Waals surface area contributed by atoms with Crippen molar-refractivity contribution >= 4 is 17.3 Å². The SMILES string of the molecule is COc1ccc(-c2ccc(-c3cnn4c3N=C(C3CC5CCC(C3)N5C(O)C(C)C(O)CCO)C3(C)C(=O)CCNC43)cn2)cc1F.